The van der Waals surface area contributed by atoms with Crippen molar-refractivity contribution in [1.82, 2.24) is 4.98 Å². The summed E-state index contributed by atoms with van der Waals surface area (Å²) < 4.78 is 38.8. The fourth-order valence-corrected chi connectivity index (χ4v) is 3.75. The molecule has 6 heteroatoms. The Labute approximate surface area is 154 Å². The van der Waals surface area contributed by atoms with Crippen molar-refractivity contribution >= 4 is 22.5 Å². The lowest BCUT2D eigenvalue weighted by atomic mass is 9.98. The number of aryl methyl sites for hydroxylation is 2. The first-order valence-electron chi connectivity index (χ1n) is 8.99. The molecule has 0 bridgehead atoms. The third-order valence-corrected chi connectivity index (χ3v) is 5.11. The number of aromatic nitrogens is 1. The first kappa shape index (κ1) is 17.6. The van der Waals surface area contributed by atoms with E-state index in [1.807, 2.05) is 30.5 Å². The highest BCUT2D eigenvalue weighted by Crippen LogP contribution is 2.35. The van der Waals surface area contributed by atoms with Gasteiger partial charge in [-0.05, 0) is 54.7 Å². The second-order valence-electron chi connectivity index (χ2n) is 6.85. The van der Waals surface area contributed by atoms with Crippen LogP contribution in [0.3, 0.4) is 0 Å². The van der Waals surface area contributed by atoms with Gasteiger partial charge in [0.2, 0.25) is 5.91 Å². The maximum atomic E-state index is 12.9. The van der Waals surface area contributed by atoms with E-state index in [-0.39, 0.29) is 5.91 Å². The summed E-state index contributed by atoms with van der Waals surface area (Å²) in [6.07, 6.45) is -0.301. The Kier molecular flexibility index (Phi) is 4.42. The lowest BCUT2D eigenvalue weighted by molar-refractivity contribution is -0.137. The molecule has 1 N–H and O–H groups in total. The highest BCUT2D eigenvalue weighted by atomic mass is 19.4. The molecular weight excluding hydrogens is 353 g/mol. The molecule has 27 heavy (non-hydrogen) atoms. The average molecular weight is 372 g/mol. The van der Waals surface area contributed by atoms with E-state index in [4.69, 9.17) is 0 Å². The number of rotatable bonds is 3. The fraction of sp³-hybridized carbons (Fsp3) is 0.286. The van der Waals surface area contributed by atoms with Crippen LogP contribution in [0.15, 0.2) is 48.7 Å². The molecule has 1 aliphatic heterocycles. The normalized spacial score (nSPS) is 14.4. The number of benzene rings is 2. The van der Waals surface area contributed by atoms with E-state index in [1.54, 1.807) is 4.90 Å². The van der Waals surface area contributed by atoms with Crippen LogP contribution in [0.4, 0.5) is 18.9 Å². The lowest BCUT2D eigenvalue weighted by Crippen LogP contribution is -2.35. The molecule has 2 heterocycles. The molecule has 0 saturated carbocycles. The van der Waals surface area contributed by atoms with Crippen LogP contribution >= 0.6 is 0 Å². The molecule has 3 aromatic rings. The summed E-state index contributed by atoms with van der Waals surface area (Å²) in [4.78, 5) is 17.6. The Balaban J connectivity index is 1.52. The zero-order valence-corrected chi connectivity index (χ0v) is 14.6. The number of hydrogen-bond acceptors (Lipinski definition) is 1. The smallest absolute Gasteiger partial charge is 0.361 e. The van der Waals surface area contributed by atoms with Gasteiger partial charge in [-0.15, -0.1) is 0 Å². The van der Waals surface area contributed by atoms with Crippen LogP contribution < -0.4 is 4.90 Å². The lowest BCUT2D eigenvalue weighted by Gasteiger charge is -2.30. The van der Waals surface area contributed by atoms with Gasteiger partial charge in [0.05, 0.1) is 5.56 Å². The highest BCUT2D eigenvalue weighted by molar-refractivity contribution is 5.95. The van der Waals surface area contributed by atoms with Crippen LogP contribution in [0.5, 0.6) is 0 Å². The van der Waals surface area contributed by atoms with E-state index in [9.17, 15) is 18.0 Å². The molecule has 0 radical (unpaired) electrons. The van der Waals surface area contributed by atoms with Gasteiger partial charge in [-0.3, -0.25) is 4.79 Å². The van der Waals surface area contributed by atoms with Crippen molar-refractivity contribution in [2.24, 2.45) is 0 Å². The van der Waals surface area contributed by atoms with Crippen molar-refractivity contribution in [3.05, 3.63) is 65.4 Å². The van der Waals surface area contributed by atoms with Crippen molar-refractivity contribution in [1.29, 1.82) is 0 Å². The summed E-state index contributed by atoms with van der Waals surface area (Å²) >= 11 is 0. The van der Waals surface area contributed by atoms with Crippen LogP contribution in [0.1, 0.15) is 29.5 Å². The number of amides is 1. The zero-order chi connectivity index (χ0) is 19.0. The predicted octanol–water partition coefficient (Wildman–Crippen LogP) is 5.10. The van der Waals surface area contributed by atoms with Gasteiger partial charge in [0.15, 0.2) is 0 Å². The minimum Gasteiger partial charge on any atom is -0.361 e. The number of nitrogens with zero attached hydrogens (tertiary/aromatic N) is 1. The van der Waals surface area contributed by atoms with Crippen LogP contribution in [-0.4, -0.2) is 17.4 Å². The molecule has 1 aromatic heterocycles. The largest absolute Gasteiger partial charge is 0.416 e. The molecule has 4 rings (SSSR count). The number of carbonyl (C=O) groups is 1. The van der Waals surface area contributed by atoms with E-state index in [1.165, 1.54) is 12.1 Å². The average Bonchev–Trinajstić information content (AvgIpc) is 3.07. The van der Waals surface area contributed by atoms with Crippen molar-refractivity contribution in [2.75, 3.05) is 11.4 Å². The molecule has 0 spiro atoms. The van der Waals surface area contributed by atoms with Gasteiger partial charge in [0.25, 0.3) is 0 Å². The third kappa shape index (κ3) is 3.44. The quantitative estimate of drug-likeness (QED) is 0.682. The summed E-state index contributed by atoms with van der Waals surface area (Å²) in [6.45, 7) is 0.547. The number of fused-ring (bicyclic) bond motifs is 2. The van der Waals surface area contributed by atoms with E-state index in [0.717, 1.165) is 22.5 Å². The van der Waals surface area contributed by atoms with Crippen LogP contribution in [0, 0.1) is 0 Å². The summed E-state index contributed by atoms with van der Waals surface area (Å²) in [5.74, 6) is -0.0546. The molecule has 1 amide bonds. The predicted molar refractivity (Wildman–Crippen MR) is 98.7 cm³/mol. The Morgan fingerprint density at radius 2 is 1.96 bits per heavy atom. The SMILES string of the molecule is O=C(CCc1c[nH]c2ccccc12)N1CCCc2cc(C(F)(F)F)ccc21. The molecule has 140 valence electrons. The summed E-state index contributed by atoms with van der Waals surface area (Å²) in [7, 11) is 0. The number of aromatic amines is 1. The molecule has 0 saturated heterocycles. The van der Waals surface area contributed by atoms with E-state index in [0.29, 0.717) is 43.5 Å². The van der Waals surface area contributed by atoms with E-state index in [2.05, 4.69) is 4.98 Å². The second-order valence-corrected chi connectivity index (χ2v) is 6.85. The Morgan fingerprint density at radius 3 is 2.78 bits per heavy atom. The first-order chi connectivity index (χ1) is 12.9. The fourth-order valence-electron chi connectivity index (χ4n) is 3.75. The van der Waals surface area contributed by atoms with Gasteiger partial charge in [0.1, 0.15) is 0 Å². The van der Waals surface area contributed by atoms with Crippen molar-refractivity contribution in [3.8, 4) is 0 Å². The molecular formula is C21H19F3N2O. The Morgan fingerprint density at radius 1 is 1.15 bits per heavy atom. The number of H-pyrrole nitrogens is 1. The second kappa shape index (κ2) is 6.76. The molecule has 1 aliphatic rings. The van der Waals surface area contributed by atoms with Crippen molar-refractivity contribution in [2.45, 2.75) is 31.9 Å². The summed E-state index contributed by atoms with van der Waals surface area (Å²) in [5, 5.41) is 1.10. The first-order valence-corrected chi connectivity index (χ1v) is 8.99. The van der Waals surface area contributed by atoms with Crippen LogP contribution in [0.2, 0.25) is 0 Å². The van der Waals surface area contributed by atoms with Gasteiger partial charge in [-0.2, -0.15) is 13.2 Å². The van der Waals surface area contributed by atoms with Gasteiger partial charge in [0, 0.05) is 35.8 Å². The van der Waals surface area contributed by atoms with Gasteiger partial charge >= 0.3 is 6.18 Å². The molecule has 3 nitrogen and oxygen atoms in total. The molecule has 0 fully saturated rings. The van der Waals surface area contributed by atoms with E-state index >= 15 is 0 Å². The van der Waals surface area contributed by atoms with Gasteiger partial charge < -0.3 is 9.88 Å². The van der Waals surface area contributed by atoms with Crippen LogP contribution in [0.25, 0.3) is 10.9 Å². The van der Waals surface area contributed by atoms with Gasteiger partial charge in [-0.1, -0.05) is 18.2 Å². The number of carbonyl (C=O) groups excluding carboxylic acids is 1. The third-order valence-electron chi connectivity index (χ3n) is 5.11. The number of anilines is 1. The number of alkyl halides is 3. The Hall–Kier alpha value is -2.76. The molecule has 0 aliphatic carbocycles. The number of nitrogens with one attached hydrogen (secondary N) is 1. The number of hydrogen-bond donors (Lipinski definition) is 1. The number of halogens is 3. The summed E-state index contributed by atoms with van der Waals surface area (Å²) in [6, 6.07) is 11.6. The van der Waals surface area contributed by atoms with E-state index < -0.39 is 11.7 Å². The maximum absolute atomic E-state index is 12.9. The zero-order valence-electron chi connectivity index (χ0n) is 14.6. The Bertz CT molecular complexity index is 991. The van der Waals surface area contributed by atoms with Crippen LogP contribution in [-0.2, 0) is 23.8 Å². The van der Waals surface area contributed by atoms with Gasteiger partial charge in [-0.25, -0.2) is 0 Å². The molecule has 0 unspecified atom stereocenters. The minimum absolute atomic E-state index is 0.0546. The summed E-state index contributed by atoms with van der Waals surface area (Å²) in [5.41, 5.74) is 2.65. The van der Waals surface area contributed by atoms with Crippen molar-refractivity contribution in [3.63, 3.8) is 0 Å². The highest BCUT2D eigenvalue weighted by Gasteiger charge is 2.32. The minimum atomic E-state index is -4.36. The number of para-hydroxylation sites is 1. The molecule has 2 aromatic carbocycles. The monoisotopic (exact) mass is 372 g/mol. The molecule has 0 atom stereocenters. The maximum Gasteiger partial charge on any atom is 0.416 e. The standard InChI is InChI=1S/C21H19F3N2O/c22-21(23,24)16-8-9-19-14(12-16)4-3-11-26(19)20(27)10-7-15-13-25-18-6-2-1-5-17(15)18/h1-2,5-6,8-9,12-13,25H,3-4,7,10-11H2. The van der Waals surface area contributed by atoms with Crippen molar-refractivity contribution < 1.29 is 18.0 Å². The topological polar surface area (TPSA) is 36.1 Å².